The van der Waals surface area contributed by atoms with Crippen molar-refractivity contribution in [2.24, 2.45) is 5.92 Å². The molecule has 4 heteroatoms. The van der Waals surface area contributed by atoms with Gasteiger partial charge in [0.2, 0.25) is 0 Å². The topological polar surface area (TPSA) is 39.1 Å². The molecule has 2 aliphatic carbocycles. The predicted molar refractivity (Wildman–Crippen MR) is 141 cm³/mol. The van der Waals surface area contributed by atoms with Gasteiger partial charge in [-0.3, -0.25) is 0 Å². The number of nitriles is 1. The normalized spacial score (nSPS) is 28.7. The zero-order valence-electron chi connectivity index (χ0n) is 19.1. The molecule has 0 saturated carbocycles. The van der Waals surface area contributed by atoms with Crippen molar-refractivity contribution in [1.82, 2.24) is 5.32 Å². The number of allylic oxidation sites excluding steroid dienone is 4. The number of nitrogens with zero attached hydrogens (tertiary/aromatic N) is 2. The maximum Gasteiger partial charge on any atom is 0.101 e. The number of hydrogen-bond donors (Lipinski definition) is 1. The van der Waals surface area contributed by atoms with Crippen LogP contribution >= 0.6 is 11.8 Å². The van der Waals surface area contributed by atoms with Crippen LogP contribution in [0.3, 0.4) is 0 Å². The molecule has 0 radical (unpaired) electrons. The van der Waals surface area contributed by atoms with Gasteiger partial charge in [-0.15, -0.1) is 11.8 Å². The van der Waals surface area contributed by atoms with E-state index in [0.29, 0.717) is 22.8 Å². The van der Waals surface area contributed by atoms with Gasteiger partial charge in [0.05, 0.1) is 11.3 Å². The summed E-state index contributed by atoms with van der Waals surface area (Å²) < 4.78 is 0. The van der Waals surface area contributed by atoms with Gasteiger partial charge in [-0.2, -0.15) is 5.26 Å². The summed E-state index contributed by atoms with van der Waals surface area (Å²) in [5, 5.41) is 13.7. The van der Waals surface area contributed by atoms with E-state index in [4.69, 9.17) is 0 Å². The van der Waals surface area contributed by atoms with Gasteiger partial charge >= 0.3 is 0 Å². The highest BCUT2D eigenvalue weighted by Gasteiger charge is 2.49. The van der Waals surface area contributed by atoms with E-state index < -0.39 is 0 Å². The molecule has 0 fully saturated rings. The molecule has 1 N–H and O–H groups in total. The van der Waals surface area contributed by atoms with Gasteiger partial charge in [-0.1, -0.05) is 54.1 Å². The Morgan fingerprint density at radius 1 is 1.06 bits per heavy atom. The second kappa shape index (κ2) is 7.96. The van der Waals surface area contributed by atoms with Crippen LogP contribution in [0.25, 0.3) is 5.70 Å². The van der Waals surface area contributed by atoms with E-state index in [0.717, 1.165) is 23.7 Å². The number of thioether (sulfide) groups is 1. The Bertz CT molecular complexity index is 1340. The molecule has 4 unspecified atom stereocenters. The second-order valence-electron chi connectivity index (χ2n) is 9.83. The Hall–Kier alpha value is -3.16. The fourth-order valence-electron chi connectivity index (χ4n) is 6.71. The average molecular weight is 462 g/mol. The molecule has 3 aliphatic heterocycles. The van der Waals surface area contributed by atoms with Gasteiger partial charge < -0.3 is 10.2 Å². The fraction of sp³-hybridized carbons (Fsp3) is 0.300. The van der Waals surface area contributed by atoms with Crippen LogP contribution in [-0.4, -0.2) is 17.8 Å². The van der Waals surface area contributed by atoms with Gasteiger partial charge in [0, 0.05) is 40.7 Å². The molecule has 3 nitrogen and oxygen atoms in total. The molecular formula is C30H27N3S. The molecule has 2 aromatic carbocycles. The largest absolute Gasteiger partial charge is 0.380 e. The van der Waals surface area contributed by atoms with E-state index in [1.165, 1.54) is 42.6 Å². The minimum atomic E-state index is 0.451. The van der Waals surface area contributed by atoms with Crippen molar-refractivity contribution in [3.05, 3.63) is 100 Å². The van der Waals surface area contributed by atoms with Crippen LogP contribution in [0.15, 0.2) is 88.9 Å². The first-order valence-corrected chi connectivity index (χ1v) is 13.3. The number of dihydropyridines is 1. The minimum absolute atomic E-state index is 0.451. The van der Waals surface area contributed by atoms with Gasteiger partial charge in [-0.25, -0.2) is 0 Å². The van der Waals surface area contributed by atoms with Gasteiger partial charge in [0.25, 0.3) is 0 Å². The van der Waals surface area contributed by atoms with Crippen molar-refractivity contribution in [1.29, 1.82) is 5.26 Å². The lowest BCUT2D eigenvalue weighted by Crippen LogP contribution is -2.33. The average Bonchev–Trinajstić information content (AvgIpc) is 3.44. The highest BCUT2D eigenvalue weighted by atomic mass is 32.2. The number of hydrogen-bond acceptors (Lipinski definition) is 4. The molecule has 34 heavy (non-hydrogen) atoms. The fourth-order valence-corrected chi connectivity index (χ4v) is 8.50. The number of nitrogens with one attached hydrogen (secondary N) is 1. The van der Waals surface area contributed by atoms with Gasteiger partial charge in [0.15, 0.2) is 0 Å². The van der Waals surface area contributed by atoms with Crippen LogP contribution in [-0.2, 0) is 0 Å². The lowest BCUT2D eigenvalue weighted by Gasteiger charge is -2.35. The summed E-state index contributed by atoms with van der Waals surface area (Å²) in [5.41, 5.74) is 8.54. The molecule has 0 aromatic heterocycles. The van der Waals surface area contributed by atoms with Crippen molar-refractivity contribution in [3.63, 3.8) is 0 Å². The molecule has 0 spiro atoms. The zero-order chi connectivity index (χ0) is 22.6. The number of fused-ring (bicyclic) bond motifs is 6. The monoisotopic (exact) mass is 461 g/mol. The summed E-state index contributed by atoms with van der Waals surface area (Å²) in [5.74, 6) is 1.22. The van der Waals surface area contributed by atoms with E-state index in [2.05, 4.69) is 88.7 Å². The highest BCUT2D eigenvalue weighted by Crippen LogP contribution is 2.61. The molecule has 2 aromatic rings. The van der Waals surface area contributed by atoms with Crippen molar-refractivity contribution in [3.8, 4) is 6.07 Å². The molecule has 5 aliphatic rings. The molecule has 0 bridgehead atoms. The number of anilines is 2. The summed E-state index contributed by atoms with van der Waals surface area (Å²) in [4.78, 5) is 4.26. The molecule has 3 heterocycles. The van der Waals surface area contributed by atoms with Crippen molar-refractivity contribution in [2.75, 3.05) is 11.4 Å². The van der Waals surface area contributed by atoms with E-state index in [9.17, 15) is 5.26 Å². The predicted octanol–water partition coefficient (Wildman–Crippen LogP) is 6.81. The Morgan fingerprint density at radius 2 is 2.00 bits per heavy atom. The third-order valence-corrected chi connectivity index (χ3v) is 9.65. The highest BCUT2D eigenvalue weighted by molar-refractivity contribution is 8.04. The minimum Gasteiger partial charge on any atom is -0.380 e. The van der Waals surface area contributed by atoms with E-state index in [1.54, 1.807) is 10.5 Å². The first-order valence-electron chi connectivity index (χ1n) is 12.4. The third-order valence-electron chi connectivity index (χ3n) is 8.12. The Kier molecular flexibility index (Phi) is 4.74. The maximum atomic E-state index is 9.64. The van der Waals surface area contributed by atoms with Crippen LogP contribution in [0.1, 0.15) is 42.7 Å². The molecule has 4 atom stereocenters. The SMILES string of the molecule is N#CC1=C(c2cccc(N3c4ccccc4C4C5=C(CCC43)C3CCC=CC3S5)c2)NCC=C1. The third kappa shape index (κ3) is 2.96. The number of rotatable bonds is 2. The second-order valence-corrected chi connectivity index (χ2v) is 11.1. The molecule has 0 saturated heterocycles. The summed E-state index contributed by atoms with van der Waals surface area (Å²) >= 11 is 2.15. The summed E-state index contributed by atoms with van der Waals surface area (Å²) in [6.45, 7) is 0.757. The van der Waals surface area contributed by atoms with Crippen molar-refractivity contribution in [2.45, 2.75) is 42.9 Å². The van der Waals surface area contributed by atoms with Crippen LogP contribution in [0.4, 0.5) is 11.4 Å². The van der Waals surface area contributed by atoms with Crippen molar-refractivity contribution < 1.29 is 0 Å². The standard InChI is InChI=1S/C30H27N3S/c31-18-20-8-6-16-32-29(20)19-7-5-9-21(17-19)33-25-12-3-1-11-24(25)28-26(33)15-14-23-22-10-2-4-13-27(22)34-30(23)28/h1,3-9,11-13,17,22,26-28,32H,2,10,14-16H2. The first-order chi connectivity index (χ1) is 16.8. The van der Waals surface area contributed by atoms with E-state index >= 15 is 0 Å². The Balaban J connectivity index is 1.32. The lowest BCUT2D eigenvalue weighted by atomic mass is 9.76. The Labute approximate surface area is 205 Å². The van der Waals surface area contributed by atoms with Gasteiger partial charge in [0.1, 0.15) is 6.07 Å². The van der Waals surface area contributed by atoms with Crippen LogP contribution < -0.4 is 10.2 Å². The number of para-hydroxylation sites is 1. The first kappa shape index (κ1) is 20.2. The summed E-state index contributed by atoms with van der Waals surface area (Å²) in [6.07, 6.45) is 13.8. The molecule has 7 rings (SSSR count). The Morgan fingerprint density at radius 3 is 2.94 bits per heavy atom. The summed E-state index contributed by atoms with van der Waals surface area (Å²) in [6, 6.07) is 20.6. The van der Waals surface area contributed by atoms with E-state index in [-0.39, 0.29) is 0 Å². The molecule has 0 amide bonds. The molecular weight excluding hydrogens is 434 g/mol. The van der Waals surface area contributed by atoms with Crippen LogP contribution in [0.5, 0.6) is 0 Å². The van der Waals surface area contributed by atoms with Crippen LogP contribution in [0.2, 0.25) is 0 Å². The molecule has 168 valence electrons. The van der Waals surface area contributed by atoms with Crippen molar-refractivity contribution >= 4 is 28.8 Å². The van der Waals surface area contributed by atoms with Gasteiger partial charge in [-0.05, 0) is 66.3 Å². The smallest absolute Gasteiger partial charge is 0.101 e. The summed E-state index contributed by atoms with van der Waals surface area (Å²) in [7, 11) is 0. The maximum absolute atomic E-state index is 9.64. The van der Waals surface area contributed by atoms with Crippen LogP contribution in [0, 0.1) is 17.2 Å². The number of benzene rings is 2. The lowest BCUT2D eigenvalue weighted by molar-refractivity contribution is 0.486. The quantitative estimate of drug-likeness (QED) is 0.499. The van der Waals surface area contributed by atoms with E-state index in [1.807, 2.05) is 12.2 Å². The zero-order valence-corrected chi connectivity index (χ0v) is 19.9.